The van der Waals surface area contributed by atoms with Gasteiger partial charge in [-0.05, 0) is 38.1 Å². The fraction of sp³-hybridized carbons (Fsp3) is 0.267. The van der Waals surface area contributed by atoms with Gasteiger partial charge in [0.1, 0.15) is 11.6 Å². The number of aromatic nitrogens is 1. The molecule has 0 amide bonds. The first-order chi connectivity index (χ1) is 9.13. The molecule has 0 aliphatic carbocycles. The van der Waals surface area contributed by atoms with Gasteiger partial charge in [0.25, 0.3) is 0 Å². The van der Waals surface area contributed by atoms with Crippen LogP contribution in [0.1, 0.15) is 25.5 Å². The largest absolute Gasteiger partial charge is 0.389 e. The van der Waals surface area contributed by atoms with Crippen molar-refractivity contribution in [3.8, 4) is 0 Å². The minimum atomic E-state index is -0.619. The van der Waals surface area contributed by atoms with Crippen LogP contribution >= 0.6 is 0 Å². The highest BCUT2D eigenvalue weighted by Gasteiger charge is 2.16. The lowest BCUT2D eigenvalue weighted by Gasteiger charge is -2.25. The van der Waals surface area contributed by atoms with Crippen LogP contribution in [0.15, 0.2) is 42.6 Å². The van der Waals surface area contributed by atoms with Crippen LogP contribution in [-0.4, -0.2) is 16.6 Å². The summed E-state index contributed by atoms with van der Waals surface area (Å²) in [5.41, 5.74) is 1.46. The van der Waals surface area contributed by atoms with Crippen molar-refractivity contribution in [2.75, 3.05) is 11.4 Å². The quantitative estimate of drug-likeness (QED) is 0.915. The van der Waals surface area contributed by atoms with E-state index < -0.39 is 6.10 Å². The molecular weight excluding hydrogens is 243 g/mol. The molecule has 3 nitrogen and oxygen atoms in total. The summed E-state index contributed by atoms with van der Waals surface area (Å²) in [4.78, 5) is 6.20. The van der Waals surface area contributed by atoms with Crippen LogP contribution in [0.2, 0.25) is 0 Å². The minimum absolute atomic E-state index is 0.287. The molecule has 0 saturated carbocycles. The van der Waals surface area contributed by atoms with E-state index in [9.17, 15) is 9.50 Å². The second kappa shape index (κ2) is 5.80. The third kappa shape index (κ3) is 2.90. The summed E-state index contributed by atoms with van der Waals surface area (Å²) in [6.45, 7) is 4.30. The lowest BCUT2D eigenvalue weighted by Crippen LogP contribution is -2.19. The van der Waals surface area contributed by atoms with E-state index in [2.05, 4.69) is 4.98 Å². The number of rotatable bonds is 4. The molecule has 0 aliphatic heterocycles. The van der Waals surface area contributed by atoms with Crippen molar-refractivity contribution >= 4 is 11.5 Å². The van der Waals surface area contributed by atoms with Gasteiger partial charge in [-0.25, -0.2) is 9.37 Å². The van der Waals surface area contributed by atoms with E-state index >= 15 is 0 Å². The first kappa shape index (κ1) is 13.5. The molecule has 1 aromatic carbocycles. The van der Waals surface area contributed by atoms with Gasteiger partial charge in [-0.3, -0.25) is 0 Å². The summed E-state index contributed by atoms with van der Waals surface area (Å²) < 4.78 is 13.3. The normalized spacial score (nSPS) is 12.2. The molecule has 1 aromatic heterocycles. The van der Waals surface area contributed by atoms with E-state index in [0.717, 1.165) is 11.3 Å². The molecule has 4 heteroatoms. The Balaban J connectivity index is 2.48. The van der Waals surface area contributed by atoms with Crippen LogP contribution in [0.5, 0.6) is 0 Å². The number of anilines is 2. The molecule has 1 heterocycles. The molecule has 2 aromatic rings. The monoisotopic (exact) mass is 260 g/mol. The van der Waals surface area contributed by atoms with Crippen LogP contribution in [0, 0.1) is 5.82 Å². The van der Waals surface area contributed by atoms with Crippen LogP contribution in [-0.2, 0) is 0 Å². The van der Waals surface area contributed by atoms with Crippen molar-refractivity contribution in [1.82, 2.24) is 4.98 Å². The van der Waals surface area contributed by atoms with E-state index in [1.165, 1.54) is 12.1 Å². The fourth-order valence-corrected chi connectivity index (χ4v) is 2.06. The van der Waals surface area contributed by atoms with Gasteiger partial charge in [0.15, 0.2) is 0 Å². The Morgan fingerprint density at radius 3 is 2.74 bits per heavy atom. The van der Waals surface area contributed by atoms with Crippen LogP contribution in [0.3, 0.4) is 0 Å². The Morgan fingerprint density at radius 2 is 2.11 bits per heavy atom. The molecule has 1 atom stereocenters. The Morgan fingerprint density at radius 1 is 1.32 bits per heavy atom. The first-order valence-corrected chi connectivity index (χ1v) is 6.29. The van der Waals surface area contributed by atoms with E-state index in [4.69, 9.17) is 0 Å². The van der Waals surface area contributed by atoms with Gasteiger partial charge in [-0.15, -0.1) is 0 Å². The van der Waals surface area contributed by atoms with Crippen molar-refractivity contribution in [3.05, 3.63) is 54.0 Å². The molecule has 0 radical (unpaired) electrons. The van der Waals surface area contributed by atoms with Gasteiger partial charge in [-0.1, -0.05) is 12.1 Å². The summed E-state index contributed by atoms with van der Waals surface area (Å²) in [6, 6.07) is 9.97. The number of hydrogen-bond donors (Lipinski definition) is 1. The van der Waals surface area contributed by atoms with Crippen molar-refractivity contribution in [1.29, 1.82) is 0 Å². The number of aliphatic hydroxyl groups excluding tert-OH is 1. The lowest BCUT2D eigenvalue weighted by molar-refractivity contribution is 0.199. The third-order valence-electron chi connectivity index (χ3n) is 2.96. The summed E-state index contributed by atoms with van der Waals surface area (Å²) in [5, 5.41) is 9.81. The summed E-state index contributed by atoms with van der Waals surface area (Å²) in [5.74, 6) is 0.371. The van der Waals surface area contributed by atoms with Crippen molar-refractivity contribution < 1.29 is 9.50 Å². The average molecular weight is 260 g/mol. The van der Waals surface area contributed by atoms with Gasteiger partial charge in [0, 0.05) is 24.0 Å². The molecule has 0 unspecified atom stereocenters. The average Bonchev–Trinajstić information content (AvgIpc) is 2.40. The third-order valence-corrected chi connectivity index (χ3v) is 2.96. The number of hydrogen-bond acceptors (Lipinski definition) is 3. The molecule has 0 spiro atoms. The molecule has 2 rings (SSSR count). The maximum Gasteiger partial charge on any atom is 0.138 e. The SMILES string of the molecule is CCN(c1cccc(F)c1)c1ncccc1[C@@H](C)O. The van der Waals surface area contributed by atoms with Gasteiger partial charge >= 0.3 is 0 Å². The molecule has 0 fully saturated rings. The summed E-state index contributed by atoms with van der Waals surface area (Å²) >= 11 is 0. The fourth-order valence-electron chi connectivity index (χ4n) is 2.06. The van der Waals surface area contributed by atoms with Gasteiger partial charge in [0.2, 0.25) is 0 Å². The second-order valence-corrected chi connectivity index (χ2v) is 4.32. The Bertz CT molecular complexity index is 557. The zero-order valence-corrected chi connectivity index (χ0v) is 11.0. The Hall–Kier alpha value is -1.94. The summed E-state index contributed by atoms with van der Waals surface area (Å²) in [7, 11) is 0. The van der Waals surface area contributed by atoms with Crippen molar-refractivity contribution in [2.45, 2.75) is 20.0 Å². The van der Waals surface area contributed by atoms with E-state index in [0.29, 0.717) is 12.4 Å². The van der Waals surface area contributed by atoms with E-state index in [1.54, 1.807) is 25.3 Å². The number of benzene rings is 1. The number of nitrogens with zero attached hydrogens (tertiary/aromatic N) is 2. The smallest absolute Gasteiger partial charge is 0.138 e. The second-order valence-electron chi connectivity index (χ2n) is 4.32. The van der Waals surface area contributed by atoms with Gasteiger partial charge < -0.3 is 10.0 Å². The Labute approximate surface area is 112 Å². The predicted molar refractivity (Wildman–Crippen MR) is 74.0 cm³/mol. The maximum absolute atomic E-state index is 13.3. The number of aliphatic hydroxyl groups is 1. The molecule has 0 bridgehead atoms. The van der Waals surface area contributed by atoms with Gasteiger partial charge in [0.05, 0.1) is 6.10 Å². The van der Waals surface area contributed by atoms with Crippen molar-refractivity contribution in [3.63, 3.8) is 0 Å². The van der Waals surface area contributed by atoms with Gasteiger partial charge in [-0.2, -0.15) is 0 Å². The molecule has 100 valence electrons. The first-order valence-electron chi connectivity index (χ1n) is 6.29. The standard InChI is InChI=1S/C15H17FN2O/c1-3-18(13-7-4-6-12(16)10-13)15-14(11(2)19)8-5-9-17-15/h4-11,19H,3H2,1-2H3/t11-/m1/s1. The molecule has 0 saturated heterocycles. The van der Waals surface area contributed by atoms with E-state index in [-0.39, 0.29) is 5.82 Å². The molecule has 1 N–H and O–H groups in total. The van der Waals surface area contributed by atoms with E-state index in [1.807, 2.05) is 24.0 Å². The van der Waals surface area contributed by atoms with Crippen LogP contribution in [0.25, 0.3) is 0 Å². The predicted octanol–water partition coefficient (Wildman–Crippen LogP) is 3.43. The zero-order valence-electron chi connectivity index (χ0n) is 11.0. The highest BCUT2D eigenvalue weighted by Crippen LogP contribution is 2.29. The highest BCUT2D eigenvalue weighted by molar-refractivity contribution is 5.63. The molecular formula is C15H17FN2O. The van der Waals surface area contributed by atoms with Crippen molar-refractivity contribution in [2.24, 2.45) is 0 Å². The molecule has 0 aliphatic rings. The zero-order chi connectivity index (χ0) is 13.8. The minimum Gasteiger partial charge on any atom is -0.389 e. The molecule has 19 heavy (non-hydrogen) atoms. The van der Waals surface area contributed by atoms with Crippen LogP contribution in [0.4, 0.5) is 15.9 Å². The Kier molecular flexibility index (Phi) is 4.12. The van der Waals surface area contributed by atoms with Crippen LogP contribution < -0.4 is 4.90 Å². The number of pyridine rings is 1. The lowest BCUT2D eigenvalue weighted by atomic mass is 10.1. The number of halogens is 1. The highest BCUT2D eigenvalue weighted by atomic mass is 19.1. The maximum atomic E-state index is 13.3. The topological polar surface area (TPSA) is 36.4 Å². The summed E-state index contributed by atoms with van der Waals surface area (Å²) in [6.07, 6.45) is 1.05.